The van der Waals surface area contributed by atoms with Gasteiger partial charge in [-0.3, -0.25) is 18.6 Å². The van der Waals surface area contributed by atoms with Crippen molar-refractivity contribution in [2.75, 3.05) is 0 Å². The predicted molar refractivity (Wildman–Crippen MR) is 128 cm³/mol. The summed E-state index contributed by atoms with van der Waals surface area (Å²) in [5.74, 6) is -0.941. The van der Waals surface area contributed by atoms with Crippen LogP contribution in [0.5, 0.6) is 0 Å². The van der Waals surface area contributed by atoms with E-state index in [1.54, 1.807) is 6.20 Å². The number of hydrogen-bond acceptors (Lipinski definition) is 3. The molecule has 5 rings (SSSR count). The lowest BCUT2D eigenvalue weighted by molar-refractivity contribution is -0.137. The largest absolute Gasteiger partial charge is 0.480 e. The molecule has 4 aromatic rings. The van der Waals surface area contributed by atoms with Gasteiger partial charge in [-0.1, -0.05) is 42.7 Å². The first-order valence-electron chi connectivity index (χ1n) is 11.6. The van der Waals surface area contributed by atoms with Crippen LogP contribution in [0.3, 0.4) is 0 Å². The molecule has 1 saturated carbocycles. The summed E-state index contributed by atoms with van der Waals surface area (Å²) in [5.41, 5.74) is 6.48. The third-order valence-corrected chi connectivity index (χ3v) is 6.63. The number of rotatable bonds is 6. The maximum absolute atomic E-state index is 13.2. The molecule has 1 N–H and O–H groups in total. The van der Waals surface area contributed by atoms with E-state index in [-0.39, 0.29) is 18.3 Å². The Morgan fingerprint density at radius 3 is 2.58 bits per heavy atom. The Bertz CT molecular complexity index is 1400. The number of carboxylic acid groups (broad SMARTS) is 1. The fraction of sp³-hybridized carbons (Fsp3) is 0.346. The van der Waals surface area contributed by atoms with Crippen LogP contribution in [-0.4, -0.2) is 30.0 Å². The van der Waals surface area contributed by atoms with E-state index in [1.165, 1.54) is 4.68 Å². The smallest absolute Gasteiger partial charge is 0.329 e. The third-order valence-electron chi connectivity index (χ3n) is 6.63. The molecule has 0 saturated heterocycles. The van der Waals surface area contributed by atoms with Gasteiger partial charge in [0, 0.05) is 29.9 Å². The van der Waals surface area contributed by atoms with Crippen molar-refractivity contribution in [3.8, 4) is 22.4 Å². The maximum atomic E-state index is 13.2. The molecule has 7 heteroatoms. The van der Waals surface area contributed by atoms with Crippen LogP contribution < -0.4 is 5.69 Å². The first-order chi connectivity index (χ1) is 16.0. The summed E-state index contributed by atoms with van der Waals surface area (Å²) in [6.45, 7) is 4.41. The molecular weight excluding hydrogens is 416 g/mol. The number of imidazole rings is 1. The van der Waals surface area contributed by atoms with Crippen molar-refractivity contribution in [1.29, 1.82) is 0 Å². The SMILES string of the molecule is CCn1c(=O)n(C2CCCC2)c2ccc(-c3cn(CC(=O)O)nc3-c3cccc(C)c3)cc21. The van der Waals surface area contributed by atoms with E-state index in [4.69, 9.17) is 0 Å². The van der Waals surface area contributed by atoms with Crippen LogP contribution in [0.4, 0.5) is 0 Å². The lowest BCUT2D eigenvalue weighted by Crippen LogP contribution is -2.26. The van der Waals surface area contributed by atoms with Gasteiger partial charge in [0.25, 0.3) is 0 Å². The van der Waals surface area contributed by atoms with E-state index in [1.807, 2.05) is 65.4 Å². The number of hydrogen-bond donors (Lipinski definition) is 1. The first-order valence-corrected chi connectivity index (χ1v) is 11.6. The van der Waals surface area contributed by atoms with Crippen molar-refractivity contribution in [2.24, 2.45) is 0 Å². The van der Waals surface area contributed by atoms with E-state index < -0.39 is 5.97 Å². The fourth-order valence-corrected chi connectivity index (χ4v) is 5.13. The van der Waals surface area contributed by atoms with E-state index in [9.17, 15) is 14.7 Å². The van der Waals surface area contributed by atoms with E-state index >= 15 is 0 Å². The van der Waals surface area contributed by atoms with Gasteiger partial charge in [-0.05, 0) is 50.5 Å². The van der Waals surface area contributed by atoms with Crippen LogP contribution >= 0.6 is 0 Å². The zero-order chi connectivity index (χ0) is 23.1. The van der Waals surface area contributed by atoms with Crippen molar-refractivity contribution in [2.45, 2.75) is 58.7 Å². The first kappa shape index (κ1) is 21.2. The summed E-state index contributed by atoms with van der Waals surface area (Å²) in [6.07, 6.45) is 6.20. The van der Waals surface area contributed by atoms with Crippen molar-refractivity contribution in [1.82, 2.24) is 18.9 Å². The number of fused-ring (bicyclic) bond motifs is 1. The molecule has 0 aliphatic heterocycles. The minimum Gasteiger partial charge on any atom is -0.480 e. The minimum absolute atomic E-state index is 0.0528. The quantitative estimate of drug-likeness (QED) is 0.460. The Morgan fingerprint density at radius 2 is 1.88 bits per heavy atom. The fourth-order valence-electron chi connectivity index (χ4n) is 5.13. The number of carbonyl (C=O) groups is 1. The van der Waals surface area contributed by atoms with Gasteiger partial charge in [-0.2, -0.15) is 5.10 Å². The van der Waals surface area contributed by atoms with Crippen LogP contribution in [0.2, 0.25) is 0 Å². The predicted octanol–water partition coefficient (Wildman–Crippen LogP) is 4.86. The number of carboxylic acids is 1. The molecule has 170 valence electrons. The van der Waals surface area contributed by atoms with Gasteiger partial charge in [0.15, 0.2) is 0 Å². The summed E-state index contributed by atoms with van der Waals surface area (Å²) < 4.78 is 5.28. The molecule has 2 aromatic heterocycles. The summed E-state index contributed by atoms with van der Waals surface area (Å²) >= 11 is 0. The van der Waals surface area contributed by atoms with Crippen LogP contribution in [0.1, 0.15) is 44.2 Å². The van der Waals surface area contributed by atoms with Crippen LogP contribution in [0.15, 0.2) is 53.5 Å². The van der Waals surface area contributed by atoms with Gasteiger partial charge in [0.1, 0.15) is 12.2 Å². The summed E-state index contributed by atoms with van der Waals surface area (Å²) in [4.78, 5) is 24.6. The molecule has 7 nitrogen and oxygen atoms in total. The second kappa shape index (κ2) is 8.39. The number of aliphatic carboxylic acids is 1. The Hall–Kier alpha value is -3.61. The van der Waals surface area contributed by atoms with Crippen LogP contribution in [0.25, 0.3) is 33.4 Å². The summed E-state index contributed by atoms with van der Waals surface area (Å²) in [6, 6.07) is 14.4. The molecular formula is C26H28N4O3. The molecule has 0 unspecified atom stereocenters. The Kier molecular flexibility index (Phi) is 5.40. The molecule has 2 heterocycles. The normalized spacial score (nSPS) is 14.4. The van der Waals surface area contributed by atoms with Gasteiger partial charge in [-0.15, -0.1) is 0 Å². The highest BCUT2D eigenvalue weighted by Crippen LogP contribution is 2.35. The molecule has 0 atom stereocenters. The highest BCUT2D eigenvalue weighted by Gasteiger charge is 2.24. The van der Waals surface area contributed by atoms with Crippen molar-refractivity contribution >= 4 is 17.0 Å². The molecule has 0 amide bonds. The van der Waals surface area contributed by atoms with Crippen molar-refractivity contribution in [3.05, 3.63) is 64.7 Å². The molecule has 0 radical (unpaired) electrons. The van der Waals surface area contributed by atoms with Gasteiger partial charge < -0.3 is 5.11 Å². The van der Waals surface area contributed by atoms with E-state index in [2.05, 4.69) is 5.10 Å². The molecule has 0 spiro atoms. The summed E-state index contributed by atoms with van der Waals surface area (Å²) in [7, 11) is 0. The molecule has 1 aliphatic rings. The van der Waals surface area contributed by atoms with Crippen LogP contribution in [0, 0.1) is 6.92 Å². The van der Waals surface area contributed by atoms with Crippen molar-refractivity contribution in [3.63, 3.8) is 0 Å². The van der Waals surface area contributed by atoms with E-state index in [0.29, 0.717) is 6.54 Å². The Labute approximate surface area is 191 Å². The number of benzene rings is 2. The number of aryl methyl sites for hydroxylation is 2. The van der Waals surface area contributed by atoms with Gasteiger partial charge in [0.2, 0.25) is 0 Å². The average molecular weight is 445 g/mol. The molecule has 33 heavy (non-hydrogen) atoms. The molecule has 2 aromatic carbocycles. The summed E-state index contributed by atoms with van der Waals surface area (Å²) in [5, 5.41) is 13.9. The zero-order valence-electron chi connectivity index (χ0n) is 19.0. The molecule has 1 fully saturated rings. The third kappa shape index (κ3) is 3.77. The lowest BCUT2D eigenvalue weighted by Gasteiger charge is -2.11. The highest BCUT2D eigenvalue weighted by atomic mass is 16.4. The Morgan fingerprint density at radius 1 is 1.09 bits per heavy atom. The van der Waals surface area contributed by atoms with E-state index in [0.717, 1.165) is 64.7 Å². The average Bonchev–Trinajstić information content (AvgIpc) is 3.50. The molecule has 0 bridgehead atoms. The van der Waals surface area contributed by atoms with Gasteiger partial charge >= 0.3 is 11.7 Å². The second-order valence-corrected chi connectivity index (χ2v) is 8.89. The second-order valence-electron chi connectivity index (χ2n) is 8.89. The zero-order valence-corrected chi connectivity index (χ0v) is 19.0. The number of nitrogens with zero attached hydrogens (tertiary/aromatic N) is 4. The van der Waals surface area contributed by atoms with Gasteiger partial charge in [-0.25, -0.2) is 4.79 Å². The van der Waals surface area contributed by atoms with Crippen LogP contribution in [-0.2, 0) is 17.9 Å². The Balaban J connectivity index is 1.69. The highest BCUT2D eigenvalue weighted by molar-refractivity contribution is 5.87. The van der Waals surface area contributed by atoms with Gasteiger partial charge in [0.05, 0.1) is 11.0 Å². The number of aromatic nitrogens is 4. The lowest BCUT2D eigenvalue weighted by atomic mass is 10.00. The minimum atomic E-state index is -0.941. The molecule has 1 aliphatic carbocycles. The van der Waals surface area contributed by atoms with Crippen molar-refractivity contribution < 1.29 is 9.90 Å². The topological polar surface area (TPSA) is 82.0 Å². The maximum Gasteiger partial charge on any atom is 0.329 e. The monoisotopic (exact) mass is 444 g/mol. The standard InChI is InChI=1S/C26H28N4O3/c1-3-29-23-14-18(11-12-22(23)30(26(29)33)20-9-4-5-10-20)21-15-28(16-24(31)32)27-25(21)19-8-6-7-17(2)13-19/h6-8,11-15,20H,3-5,9-10,16H2,1-2H3,(H,31,32).